The summed E-state index contributed by atoms with van der Waals surface area (Å²) in [4.78, 5) is 30.9. The minimum atomic E-state index is -0.189. The van der Waals surface area contributed by atoms with E-state index in [2.05, 4.69) is 20.5 Å². The number of aryl methyl sites for hydroxylation is 3. The lowest BCUT2D eigenvalue weighted by atomic mass is 10.1. The van der Waals surface area contributed by atoms with Gasteiger partial charge >= 0.3 is 0 Å². The molecule has 6 nitrogen and oxygen atoms in total. The number of thiophene rings is 1. The van der Waals surface area contributed by atoms with Crippen LogP contribution in [0.4, 0.5) is 5.69 Å². The van der Waals surface area contributed by atoms with Gasteiger partial charge < -0.3 is 5.32 Å². The fraction of sp³-hybridized carbons (Fsp3) is 0.263. The van der Waals surface area contributed by atoms with Crippen molar-refractivity contribution < 1.29 is 9.59 Å². The number of hydrogen-bond donors (Lipinski definition) is 2. The van der Waals surface area contributed by atoms with Crippen molar-refractivity contribution in [1.29, 1.82) is 0 Å². The second-order valence-electron chi connectivity index (χ2n) is 6.12. The van der Waals surface area contributed by atoms with E-state index in [0.717, 1.165) is 26.7 Å². The van der Waals surface area contributed by atoms with Gasteiger partial charge in [-0.3, -0.25) is 14.7 Å². The monoisotopic (exact) mass is 368 g/mol. The lowest BCUT2D eigenvalue weighted by Crippen LogP contribution is -2.13. The third kappa shape index (κ3) is 4.23. The molecule has 7 heteroatoms. The van der Waals surface area contributed by atoms with Gasteiger partial charge in [0.15, 0.2) is 11.6 Å². The standard InChI is InChI=1S/C19H20N4O2S/c1-11-9-16(12(2)26-11)17(24)7-8-18(25)21-15-6-4-5-14(10-15)19-20-13(3)22-23-19/h4-6,9-10H,7-8H2,1-3H3,(H,21,25)(H,20,22,23). The Morgan fingerprint density at radius 2 is 1.96 bits per heavy atom. The second kappa shape index (κ2) is 7.61. The Hall–Kier alpha value is -2.80. The van der Waals surface area contributed by atoms with E-state index < -0.39 is 0 Å². The van der Waals surface area contributed by atoms with E-state index in [0.29, 0.717) is 11.5 Å². The van der Waals surface area contributed by atoms with Gasteiger partial charge in [-0.1, -0.05) is 12.1 Å². The molecule has 3 rings (SSSR count). The van der Waals surface area contributed by atoms with Crippen LogP contribution in [0.1, 0.15) is 38.8 Å². The van der Waals surface area contributed by atoms with Crippen molar-refractivity contribution in [3.05, 3.63) is 51.5 Å². The molecule has 1 amide bonds. The number of anilines is 1. The highest BCUT2D eigenvalue weighted by molar-refractivity contribution is 7.12. The quantitative estimate of drug-likeness (QED) is 0.642. The van der Waals surface area contributed by atoms with Gasteiger partial charge in [-0.05, 0) is 39.0 Å². The van der Waals surface area contributed by atoms with Crippen LogP contribution in [0, 0.1) is 20.8 Å². The molecule has 0 saturated carbocycles. The van der Waals surface area contributed by atoms with Crippen molar-refractivity contribution in [3.8, 4) is 11.4 Å². The molecule has 2 aromatic heterocycles. The van der Waals surface area contributed by atoms with E-state index in [-0.39, 0.29) is 24.5 Å². The van der Waals surface area contributed by atoms with Crippen LogP contribution in [-0.4, -0.2) is 26.9 Å². The first-order chi connectivity index (χ1) is 12.4. The third-order valence-corrected chi connectivity index (χ3v) is 4.89. The number of aromatic amines is 1. The first kappa shape index (κ1) is 18.0. The Balaban J connectivity index is 1.60. The van der Waals surface area contributed by atoms with Gasteiger partial charge in [-0.15, -0.1) is 11.3 Å². The summed E-state index contributed by atoms with van der Waals surface area (Å²) < 4.78 is 0. The minimum absolute atomic E-state index is 0.00643. The largest absolute Gasteiger partial charge is 0.326 e. The molecule has 0 bridgehead atoms. The van der Waals surface area contributed by atoms with E-state index in [1.165, 1.54) is 0 Å². The molecule has 0 fully saturated rings. The van der Waals surface area contributed by atoms with Crippen LogP contribution >= 0.6 is 11.3 Å². The van der Waals surface area contributed by atoms with Crippen molar-refractivity contribution in [1.82, 2.24) is 15.2 Å². The Morgan fingerprint density at radius 1 is 1.15 bits per heavy atom. The Morgan fingerprint density at radius 3 is 2.62 bits per heavy atom. The number of benzene rings is 1. The summed E-state index contributed by atoms with van der Waals surface area (Å²) in [5.41, 5.74) is 2.19. The number of nitrogens with zero attached hydrogens (tertiary/aromatic N) is 2. The molecule has 2 heterocycles. The number of carbonyl (C=O) groups excluding carboxylic acids is 2. The van der Waals surface area contributed by atoms with Gasteiger partial charge in [0.2, 0.25) is 5.91 Å². The number of carbonyl (C=O) groups is 2. The van der Waals surface area contributed by atoms with Crippen molar-refractivity contribution in [2.24, 2.45) is 0 Å². The first-order valence-corrected chi connectivity index (χ1v) is 9.13. The number of ketones is 1. The topological polar surface area (TPSA) is 87.7 Å². The zero-order valence-corrected chi connectivity index (χ0v) is 15.7. The summed E-state index contributed by atoms with van der Waals surface area (Å²) in [5, 5.41) is 9.75. The summed E-state index contributed by atoms with van der Waals surface area (Å²) in [7, 11) is 0. The predicted molar refractivity (Wildman–Crippen MR) is 103 cm³/mol. The van der Waals surface area contributed by atoms with Gasteiger partial charge in [0.1, 0.15) is 5.82 Å². The average Bonchev–Trinajstić information content (AvgIpc) is 3.18. The van der Waals surface area contributed by atoms with E-state index >= 15 is 0 Å². The van der Waals surface area contributed by atoms with Crippen molar-refractivity contribution in [2.45, 2.75) is 33.6 Å². The molecule has 0 aliphatic heterocycles. The summed E-state index contributed by atoms with van der Waals surface area (Å²) in [6.45, 7) is 5.74. The summed E-state index contributed by atoms with van der Waals surface area (Å²) in [6, 6.07) is 9.22. The van der Waals surface area contributed by atoms with Crippen LogP contribution < -0.4 is 5.32 Å². The number of Topliss-reactive ketones (excluding diaryl/α,β-unsaturated/α-hetero) is 1. The maximum atomic E-state index is 12.3. The van der Waals surface area contributed by atoms with E-state index in [4.69, 9.17) is 0 Å². The van der Waals surface area contributed by atoms with Gasteiger partial charge in [0.05, 0.1) is 0 Å². The predicted octanol–water partition coefficient (Wildman–Crippen LogP) is 4.06. The van der Waals surface area contributed by atoms with Crippen molar-refractivity contribution in [2.75, 3.05) is 5.32 Å². The van der Waals surface area contributed by atoms with Gasteiger partial charge in [0, 0.05) is 39.4 Å². The molecule has 1 aromatic carbocycles. The Bertz CT molecular complexity index is 958. The van der Waals surface area contributed by atoms with Gasteiger partial charge in [-0.25, -0.2) is 4.98 Å². The SMILES string of the molecule is Cc1nc(-c2cccc(NC(=O)CCC(=O)c3cc(C)sc3C)c2)n[nH]1. The van der Waals surface area contributed by atoms with Gasteiger partial charge in [0.25, 0.3) is 0 Å². The van der Waals surface area contributed by atoms with Crippen LogP contribution in [0.5, 0.6) is 0 Å². The summed E-state index contributed by atoms with van der Waals surface area (Å²) >= 11 is 1.60. The number of amides is 1. The Kier molecular flexibility index (Phi) is 5.27. The highest BCUT2D eigenvalue weighted by Gasteiger charge is 2.14. The highest BCUT2D eigenvalue weighted by atomic mass is 32.1. The lowest BCUT2D eigenvalue weighted by Gasteiger charge is -2.06. The fourth-order valence-corrected chi connectivity index (χ4v) is 3.64. The average molecular weight is 368 g/mol. The summed E-state index contributed by atoms with van der Waals surface area (Å²) in [6.07, 6.45) is 0.347. The normalized spacial score (nSPS) is 10.7. The maximum Gasteiger partial charge on any atom is 0.224 e. The lowest BCUT2D eigenvalue weighted by molar-refractivity contribution is -0.116. The number of nitrogens with one attached hydrogen (secondary N) is 2. The summed E-state index contributed by atoms with van der Waals surface area (Å²) in [5.74, 6) is 1.13. The first-order valence-electron chi connectivity index (χ1n) is 8.32. The molecular weight excluding hydrogens is 348 g/mol. The number of aromatic nitrogens is 3. The molecular formula is C19H20N4O2S. The third-order valence-electron chi connectivity index (χ3n) is 3.92. The molecule has 0 aliphatic rings. The molecule has 2 N–H and O–H groups in total. The van der Waals surface area contributed by atoms with Crippen LogP contribution in [0.2, 0.25) is 0 Å². The number of H-pyrrole nitrogens is 1. The van der Waals surface area contributed by atoms with Crippen LogP contribution in [0.15, 0.2) is 30.3 Å². The van der Waals surface area contributed by atoms with Gasteiger partial charge in [-0.2, -0.15) is 5.10 Å². The molecule has 26 heavy (non-hydrogen) atoms. The number of hydrogen-bond acceptors (Lipinski definition) is 5. The molecule has 0 saturated heterocycles. The van der Waals surface area contributed by atoms with E-state index in [9.17, 15) is 9.59 Å². The molecule has 0 spiro atoms. The molecule has 0 atom stereocenters. The van der Waals surface area contributed by atoms with Crippen molar-refractivity contribution in [3.63, 3.8) is 0 Å². The second-order valence-corrected chi connectivity index (χ2v) is 7.58. The Labute approximate surface area is 155 Å². The van der Waals surface area contributed by atoms with Crippen LogP contribution in [-0.2, 0) is 4.79 Å². The van der Waals surface area contributed by atoms with E-state index in [1.54, 1.807) is 17.4 Å². The van der Waals surface area contributed by atoms with Crippen LogP contribution in [0.25, 0.3) is 11.4 Å². The highest BCUT2D eigenvalue weighted by Crippen LogP contribution is 2.23. The van der Waals surface area contributed by atoms with Crippen molar-refractivity contribution >= 4 is 28.7 Å². The molecule has 0 unspecified atom stereocenters. The van der Waals surface area contributed by atoms with E-state index in [1.807, 2.05) is 45.0 Å². The maximum absolute atomic E-state index is 12.3. The molecule has 0 radical (unpaired) electrons. The minimum Gasteiger partial charge on any atom is -0.326 e. The molecule has 0 aliphatic carbocycles. The number of rotatable bonds is 6. The molecule has 3 aromatic rings. The van der Waals surface area contributed by atoms with Crippen LogP contribution in [0.3, 0.4) is 0 Å². The zero-order chi connectivity index (χ0) is 18.7. The smallest absolute Gasteiger partial charge is 0.224 e. The zero-order valence-electron chi connectivity index (χ0n) is 14.9. The molecule has 134 valence electrons. The fourth-order valence-electron chi connectivity index (χ4n) is 2.70.